The fourth-order valence-corrected chi connectivity index (χ4v) is 0.954. The largest absolute Gasteiger partial charge is 0.419 e. The van der Waals surface area contributed by atoms with Crippen molar-refractivity contribution in [3.63, 3.8) is 0 Å². The van der Waals surface area contributed by atoms with Crippen molar-refractivity contribution in [2.24, 2.45) is 5.90 Å². The zero-order valence-electron chi connectivity index (χ0n) is 7.23. The lowest BCUT2D eigenvalue weighted by molar-refractivity contribution is -0.140. The van der Waals surface area contributed by atoms with Crippen LogP contribution in [0.4, 0.5) is 17.6 Å². The Morgan fingerprint density at radius 1 is 1.33 bits per heavy atom. The van der Waals surface area contributed by atoms with E-state index in [0.717, 1.165) is 6.07 Å². The molecule has 1 rings (SSSR count). The van der Waals surface area contributed by atoms with Gasteiger partial charge in [-0.3, -0.25) is 5.41 Å². The van der Waals surface area contributed by atoms with E-state index in [2.05, 4.69) is 10.7 Å². The molecular weight excluding hydrogens is 216 g/mol. The summed E-state index contributed by atoms with van der Waals surface area (Å²) in [4.78, 5) is 3.95. The van der Waals surface area contributed by atoms with E-state index in [1.54, 1.807) is 0 Å². The van der Waals surface area contributed by atoms with Crippen LogP contribution in [0.5, 0.6) is 0 Å². The normalized spacial score (nSPS) is 11.3. The van der Waals surface area contributed by atoms with Gasteiger partial charge < -0.3 is 4.84 Å². The van der Waals surface area contributed by atoms with Gasteiger partial charge in [0.2, 0.25) is 5.90 Å². The first-order valence-electron chi connectivity index (χ1n) is 3.68. The molecule has 0 spiro atoms. The van der Waals surface area contributed by atoms with E-state index in [-0.39, 0.29) is 5.56 Å². The molecule has 0 aliphatic carbocycles. The van der Waals surface area contributed by atoms with Crippen molar-refractivity contribution in [1.82, 2.24) is 0 Å². The van der Waals surface area contributed by atoms with Crippen LogP contribution in [0, 0.1) is 11.2 Å². The van der Waals surface area contributed by atoms with Crippen LogP contribution in [0.1, 0.15) is 11.1 Å². The smallest absolute Gasteiger partial charge is 0.391 e. The van der Waals surface area contributed by atoms with Crippen molar-refractivity contribution in [2.45, 2.75) is 6.18 Å². The first kappa shape index (κ1) is 11.4. The highest BCUT2D eigenvalue weighted by Crippen LogP contribution is 2.31. The molecule has 0 unspecified atom stereocenters. The van der Waals surface area contributed by atoms with Gasteiger partial charge >= 0.3 is 6.18 Å². The maximum Gasteiger partial charge on any atom is 0.419 e. The summed E-state index contributed by atoms with van der Waals surface area (Å²) < 4.78 is 49.3. The van der Waals surface area contributed by atoms with Gasteiger partial charge in [0, 0.05) is 5.56 Å². The van der Waals surface area contributed by atoms with Crippen LogP contribution in [0.3, 0.4) is 0 Å². The molecule has 0 aliphatic rings. The lowest BCUT2D eigenvalue weighted by Gasteiger charge is -2.08. The molecule has 0 heterocycles. The van der Waals surface area contributed by atoms with Gasteiger partial charge in [-0.15, -0.1) is 0 Å². The highest BCUT2D eigenvalue weighted by Gasteiger charge is 2.34. The van der Waals surface area contributed by atoms with Gasteiger partial charge in [0.1, 0.15) is 5.82 Å². The summed E-state index contributed by atoms with van der Waals surface area (Å²) in [5.41, 5.74) is -1.56. The molecule has 0 saturated carbocycles. The minimum absolute atomic E-state index is 0.164. The summed E-state index contributed by atoms with van der Waals surface area (Å²) >= 11 is 0. The maximum atomic E-state index is 12.9. The lowest BCUT2D eigenvalue weighted by Crippen LogP contribution is -2.13. The molecule has 0 aromatic heterocycles. The zero-order valence-corrected chi connectivity index (χ0v) is 7.23. The van der Waals surface area contributed by atoms with Crippen LogP contribution >= 0.6 is 0 Å². The first-order valence-corrected chi connectivity index (χ1v) is 3.68. The average molecular weight is 222 g/mol. The summed E-state index contributed by atoms with van der Waals surface area (Å²) in [5.74, 6) is 2.53. The Kier molecular flexibility index (Phi) is 2.94. The molecule has 15 heavy (non-hydrogen) atoms. The molecular formula is C8H6F4N2O. The van der Waals surface area contributed by atoms with Crippen molar-refractivity contribution in [3.05, 3.63) is 35.1 Å². The Labute approximate surface area is 81.9 Å². The van der Waals surface area contributed by atoms with E-state index in [1.165, 1.54) is 0 Å². The SMILES string of the molecule is N=C(ON)c1ccc(C(F)(F)F)c(F)c1. The minimum atomic E-state index is -4.76. The predicted octanol–water partition coefficient (Wildman–Crippen LogP) is 2.06. The summed E-state index contributed by atoms with van der Waals surface area (Å²) in [6.07, 6.45) is -4.76. The number of nitrogens with two attached hydrogens (primary N) is 1. The van der Waals surface area contributed by atoms with Crippen LogP contribution in [0.25, 0.3) is 0 Å². The van der Waals surface area contributed by atoms with E-state index in [0.29, 0.717) is 12.1 Å². The third kappa shape index (κ3) is 2.44. The van der Waals surface area contributed by atoms with Crippen LogP contribution in [-0.2, 0) is 11.0 Å². The predicted molar refractivity (Wildman–Crippen MR) is 43.5 cm³/mol. The quantitative estimate of drug-likeness (QED) is 0.330. The number of rotatable bonds is 1. The summed E-state index contributed by atoms with van der Waals surface area (Å²) in [6, 6.07) is 1.97. The molecule has 0 aliphatic heterocycles. The molecule has 82 valence electrons. The number of halogens is 4. The number of nitrogens with one attached hydrogen (secondary N) is 1. The molecule has 3 N–H and O–H groups in total. The second-order valence-electron chi connectivity index (χ2n) is 2.64. The Morgan fingerprint density at radius 2 is 1.93 bits per heavy atom. The Hall–Kier alpha value is -1.63. The molecule has 1 aromatic carbocycles. The van der Waals surface area contributed by atoms with Gasteiger partial charge in [-0.2, -0.15) is 19.1 Å². The van der Waals surface area contributed by atoms with Crippen molar-refractivity contribution in [2.75, 3.05) is 0 Å². The summed E-state index contributed by atoms with van der Waals surface area (Å²) in [5, 5.41) is 7.01. The van der Waals surface area contributed by atoms with Gasteiger partial charge in [0.15, 0.2) is 0 Å². The van der Waals surface area contributed by atoms with Crippen LogP contribution in [0.2, 0.25) is 0 Å². The molecule has 0 radical (unpaired) electrons. The van der Waals surface area contributed by atoms with E-state index < -0.39 is 23.5 Å². The van der Waals surface area contributed by atoms with Crippen molar-refractivity contribution < 1.29 is 22.4 Å². The highest BCUT2D eigenvalue weighted by molar-refractivity contribution is 5.91. The van der Waals surface area contributed by atoms with E-state index in [1.807, 2.05) is 0 Å². The maximum absolute atomic E-state index is 12.9. The minimum Gasteiger partial charge on any atom is -0.391 e. The highest BCUT2D eigenvalue weighted by atomic mass is 19.4. The lowest BCUT2D eigenvalue weighted by atomic mass is 10.1. The second kappa shape index (κ2) is 3.85. The van der Waals surface area contributed by atoms with E-state index >= 15 is 0 Å². The Bertz CT molecular complexity index is 389. The van der Waals surface area contributed by atoms with Gasteiger partial charge in [-0.05, 0) is 18.2 Å². The van der Waals surface area contributed by atoms with Gasteiger partial charge in [-0.1, -0.05) is 0 Å². The van der Waals surface area contributed by atoms with E-state index in [9.17, 15) is 17.6 Å². The topological polar surface area (TPSA) is 59.1 Å². The number of alkyl halides is 3. The van der Waals surface area contributed by atoms with Crippen LogP contribution < -0.4 is 5.90 Å². The van der Waals surface area contributed by atoms with Crippen molar-refractivity contribution in [3.8, 4) is 0 Å². The van der Waals surface area contributed by atoms with Crippen LogP contribution in [0.15, 0.2) is 18.2 Å². The fraction of sp³-hybridized carbons (Fsp3) is 0.125. The van der Waals surface area contributed by atoms with Gasteiger partial charge in [-0.25, -0.2) is 4.39 Å². The van der Waals surface area contributed by atoms with Crippen molar-refractivity contribution >= 4 is 5.90 Å². The standard InChI is InChI=1S/C8H6F4N2O/c9-6-3-4(7(13)15-14)1-2-5(6)8(10,11)12/h1-3,13H,14H2. The molecule has 0 amide bonds. The fourth-order valence-electron chi connectivity index (χ4n) is 0.954. The van der Waals surface area contributed by atoms with Crippen LogP contribution in [-0.4, -0.2) is 5.90 Å². The molecule has 0 atom stereocenters. The number of hydrogen-bond acceptors (Lipinski definition) is 3. The monoisotopic (exact) mass is 222 g/mol. The first-order chi connectivity index (χ1) is 6.86. The van der Waals surface area contributed by atoms with Gasteiger partial charge in [0.25, 0.3) is 0 Å². The molecule has 0 fully saturated rings. The van der Waals surface area contributed by atoms with Crippen molar-refractivity contribution in [1.29, 1.82) is 5.41 Å². The molecule has 0 saturated heterocycles. The summed E-state index contributed by atoms with van der Waals surface area (Å²) in [7, 11) is 0. The van der Waals surface area contributed by atoms with E-state index in [4.69, 9.17) is 5.41 Å². The summed E-state index contributed by atoms with van der Waals surface area (Å²) in [6.45, 7) is 0. The zero-order chi connectivity index (χ0) is 11.6. The molecule has 3 nitrogen and oxygen atoms in total. The third-order valence-corrected chi connectivity index (χ3v) is 1.65. The Morgan fingerprint density at radius 3 is 2.33 bits per heavy atom. The molecule has 1 aromatic rings. The number of benzene rings is 1. The third-order valence-electron chi connectivity index (χ3n) is 1.65. The molecule has 0 bridgehead atoms. The van der Waals surface area contributed by atoms with Gasteiger partial charge in [0.05, 0.1) is 5.56 Å². The Balaban J connectivity index is 3.15. The average Bonchev–Trinajstić information content (AvgIpc) is 2.14. The second-order valence-corrected chi connectivity index (χ2v) is 2.64. The molecule has 7 heteroatoms. The number of hydrogen-bond donors (Lipinski definition) is 2.